The van der Waals surface area contributed by atoms with Crippen molar-refractivity contribution in [3.63, 3.8) is 0 Å². The van der Waals surface area contributed by atoms with Crippen molar-refractivity contribution in [2.75, 3.05) is 0 Å². The number of ether oxygens (including phenoxy) is 1. The average molecular weight is 307 g/mol. The van der Waals surface area contributed by atoms with Crippen LogP contribution in [0.25, 0.3) is 5.82 Å². The van der Waals surface area contributed by atoms with Gasteiger partial charge in [0.1, 0.15) is 12.4 Å². The van der Waals surface area contributed by atoms with Gasteiger partial charge >= 0.3 is 5.69 Å². The van der Waals surface area contributed by atoms with Gasteiger partial charge < -0.3 is 4.74 Å². The Morgan fingerprint density at radius 1 is 1.35 bits per heavy atom. The molecule has 0 spiro atoms. The fraction of sp³-hybridized carbons (Fsp3) is 0.125. The Labute approximate surface area is 131 Å². The van der Waals surface area contributed by atoms with Gasteiger partial charge in [0.2, 0.25) is 0 Å². The van der Waals surface area contributed by atoms with Crippen LogP contribution in [0.3, 0.4) is 0 Å². The van der Waals surface area contributed by atoms with Crippen molar-refractivity contribution >= 4 is 0 Å². The van der Waals surface area contributed by atoms with Gasteiger partial charge in [0.25, 0.3) is 0 Å². The zero-order chi connectivity index (χ0) is 16.2. The highest BCUT2D eigenvalue weighted by molar-refractivity contribution is 5.47. The highest BCUT2D eigenvalue weighted by Crippen LogP contribution is 2.21. The Kier molecular flexibility index (Phi) is 3.89. The third-order valence-electron chi connectivity index (χ3n) is 3.33. The van der Waals surface area contributed by atoms with Crippen molar-refractivity contribution in [2.45, 2.75) is 13.5 Å². The first kappa shape index (κ1) is 14.5. The summed E-state index contributed by atoms with van der Waals surface area (Å²) in [4.78, 5) is 15.9. The molecule has 0 aliphatic rings. The molecule has 2 aromatic heterocycles. The highest BCUT2D eigenvalue weighted by Gasteiger charge is 2.15. The zero-order valence-corrected chi connectivity index (χ0v) is 12.4. The number of hydrogen-bond acceptors (Lipinski definition) is 5. The van der Waals surface area contributed by atoms with Crippen LogP contribution in [0.1, 0.15) is 16.7 Å². The predicted octanol–water partition coefficient (Wildman–Crippen LogP) is 1.22. The third kappa shape index (κ3) is 2.82. The Hall–Kier alpha value is -3.40. The first-order valence-corrected chi connectivity index (χ1v) is 6.84. The Balaban J connectivity index is 2.01. The number of tetrazole rings is 1. The number of terminal acetylenes is 1. The summed E-state index contributed by atoms with van der Waals surface area (Å²) in [6, 6.07) is 9.31. The van der Waals surface area contributed by atoms with Gasteiger partial charge in [0.15, 0.2) is 5.82 Å². The standard InChI is InChI=1S/C16H13N5O2/c1-3-12-8-9-17-15(21-16(22)18-19-20-21)13(12)10-23-14-7-5-4-6-11(14)2/h1,4-9H,10H2,2H3,(H,18,20,22). The number of nitrogens with zero attached hydrogens (tertiary/aromatic N) is 4. The molecule has 3 rings (SSSR count). The molecule has 0 aliphatic heterocycles. The van der Waals surface area contributed by atoms with Gasteiger partial charge in [-0.3, -0.25) is 0 Å². The second-order valence-electron chi connectivity index (χ2n) is 4.78. The molecule has 114 valence electrons. The van der Waals surface area contributed by atoms with Gasteiger partial charge in [-0.15, -0.1) is 11.1 Å². The lowest BCUT2D eigenvalue weighted by Gasteiger charge is -2.12. The number of aromatic nitrogens is 5. The van der Waals surface area contributed by atoms with Crippen molar-refractivity contribution in [2.24, 2.45) is 0 Å². The van der Waals surface area contributed by atoms with Gasteiger partial charge in [-0.25, -0.2) is 14.9 Å². The van der Waals surface area contributed by atoms with E-state index < -0.39 is 5.69 Å². The van der Waals surface area contributed by atoms with E-state index in [0.717, 1.165) is 16.0 Å². The van der Waals surface area contributed by atoms with Gasteiger partial charge in [-0.2, -0.15) is 0 Å². The van der Waals surface area contributed by atoms with Gasteiger partial charge in [-0.05, 0) is 35.0 Å². The van der Waals surface area contributed by atoms with Crippen LogP contribution < -0.4 is 10.4 Å². The summed E-state index contributed by atoms with van der Waals surface area (Å²) >= 11 is 0. The smallest absolute Gasteiger partial charge is 0.367 e. The molecule has 7 nitrogen and oxygen atoms in total. The van der Waals surface area contributed by atoms with Crippen LogP contribution in [-0.4, -0.2) is 25.2 Å². The van der Waals surface area contributed by atoms with Crippen LogP contribution in [-0.2, 0) is 6.61 Å². The summed E-state index contributed by atoms with van der Waals surface area (Å²) in [6.45, 7) is 2.11. The van der Waals surface area contributed by atoms with E-state index in [1.54, 1.807) is 6.07 Å². The number of pyridine rings is 1. The topological polar surface area (TPSA) is 85.7 Å². The molecular weight excluding hydrogens is 294 g/mol. The molecule has 23 heavy (non-hydrogen) atoms. The summed E-state index contributed by atoms with van der Waals surface area (Å²) < 4.78 is 6.89. The Morgan fingerprint density at radius 2 is 2.17 bits per heavy atom. The monoisotopic (exact) mass is 307 g/mol. The van der Waals surface area contributed by atoms with Gasteiger partial charge in [0.05, 0.1) is 5.56 Å². The molecule has 2 heterocycles. The fourth-order valence-electron chi connectivity index (χ4n) is 2.15. The quantitative estimate of drug-likeness (QED) is 0.732. The maximum absolute atomic E-state index is 11.7. The normalized spacial score (nSPS) is 10.3. The third-order valence-corrected chi connectivity index (χ3v) is 3.33. The van der Waals surface area contributed by atoms with Crippen molar-refractivity contribution < 1.29 is 4.74 Å². The second-order valence-corrected chi connectivity index (χ2v) is 4.78. The minimum atomic E-state index is -0.496. The Bertz CT molecular complexity index is 936. The summed E-state index contributed by atoms with van der Waals surface area (Å²) in [7, 11) is 0. The van der Waals surface area contributed by atoms with Crippen LogP contribution in [0.15, 0.2) is 41.3 Å². The molecular formula is C16H13N5O2. The molecule has 7 heteroatoms. The van der Waals surface area contributed by atoms with Crippen molar-refractivity contribution in [1.29, 1.82) is 0 Å². The number of nitrogens with one attached hydrogen (secondary N) is 1. The zero-order valence-electron chi connectivity index (χ0n) is 12.4. The molecule has 3 aromatic rings. The molecule has 0 fully saturated rings. The number of aryl methyl sites for hydroxylation is 1. The van der Waals surface area contributed by atoms with E-state index >= 15 is 0 Å². The fourth-order valence-corrected chi connectivity index (χ4v) is 2.15. The number of benzene rings is 1. The number of hydrogen-bond donors (Lipinski definition) is 1. The molecule has 0 saturated carbocycles. The number of aromatic amines is 1. The average Bonchev–Trinajstić information content (AvgIpc) is 2.99. The molecule has 0 amide bonds. The predicted molar refractivity (Wildman–Crippen MR) is 83.2 cm³/mol. The molecule has 1 aromatic carbocycles. The van der Waals surface area contributed by atoms with Crippen LogP contribution >= 0.6 is 0 Å². The lowest BCUT2D eigenvalue weighted by Crippen LogP contribution is -2.20. The van der Waals surface area contributed by atoms with Crippen molar-refractivity contribution in [1.82, 2.24) is 25.2 Å². The summed E-state index contributed by atoms with van der Waals surface area (Å²) in [5.41, 5.74) is 1.68. The summed E-state index contributed by atoms with van der Waals surface area (Å²) in [5, 5.41) is 9.41. The van der Waals surface area contributed by atoms with E-state index in [1.165, 1.54) is 6.20 Å². The maximum atomic E-state index is 11.7. The minimum absolute atomic E-state index is 0.160. The molecule has 0 aliphatic carbocycles. The number of rotatable bonds is 4. The lowest BCUT2D eigenvalue weighted by atomic mass is 10.1. The molecule has 0 saturated heterocycles. The van der Waals surface area contributed by atoms with E-state index in [9.17, 15) is 4.79 Å². The van der Waals surface area contributed by atoms with E-state index in [4.69, 9.17) is 11.2 Å². The van der Waals surface area contributed by atoms with E-state index in [1.807, 2.05) is 31.2 Å². The van der Waals surface area contributed by atoms with Crippen molar-refractivity contribution in [3.05, 3.63) is 63.7 Å². The molecule has 0 unspecified atom stereocenters. The van der Waals surface area contributed by atoms with Crippen LogP contribution in [0.5, 0.6) is 5.75 Å². The summed E-state index contributed by atoms with van der Waals surface area (Å²) in [5.74, 6) is 3.61. The largest absolute Gasteiger partial charge is 0.488 e. The number of para-hydroxylation sites is 1. The summed E-state index contributed by atoms with van der Waals surface area (Å²) in [6.07, 6.45) is 7.06. The molecule has 1 N–H and O–H groups in total. The number of H-pyrrole nitrogens is 1. The maximum Gasteiger partial charge on any atom is 0.367 e. The van der Waals surface area contributed by atoms with E-state index in [0.29, 0.717) is 16.9 Å². The first-order chi connectivity index (χ1) is 11.2. The van der Waals surface area contributed by atoms with E-state index in [-0.39, 0.29) is 6.61 Å². The second kappa shape index (κ2) is 6.15. The molecule has 0 atom stereocenters. The highest BCUT2D eigenvalue weighted by atomic mass is 16.5. The van der Waals surface area contributed by atoms with Crippen LogP contribution in [0.2, 0.25) is 0 Å². The molecule has 0 radical (unpaired) electrons. The Morgan fingerprint density at radius 3 is 2.87 bits per heavy atom. The SMILES string of the molecule is C#Cc1ccnc(-n2nn[nH]c2=O)c1COc1ccccc1C. The molecule has 0 bridgehead atoms. The minimum Gasteiger partial charge on any atom is -0.488 e. The lowest BCUT2D eigenvalue weighted by molar-refractivity contribution is 0.302. The van der Waals surface area contributed by atoms with Crippen LogP contribution in [0, 0.1) is 19.3 Å². The van der Waals surface area contributed by atoms with Crippen LogP contribution in [0.4, 0.5) is 0 Å². The van der Waals surface area contributed by atoms with Gasteiger partial charge in [0, 0.05) is 11.8 Å². The first-order valence-electron chi connectivity index (χ1n) is 6.84. The van der Waals surface area contributed by atoms with E-state index in [2.05, 4.69) is 26.4 Å². The van der Waals surface area contributed by atoms with Crippen molar-refractivity contribution in [3.8, 4) is 23.9 Å². The van der Waals surface area contributed by atoms with Gasteiger partial charge in [-0.1, -0.05) is 24.1 Å².